The third kappa shape index (κ3) is 2.99. The van der Waals surface area contributed by atoms with Crippen LogP contribution in [0.15, 0.2) is 0 Å². The second-order valence-electron chi connectivity index (χ2n) is 5.68. The van der Waals surface area contributed by atoms with Gasteiger partial charge in [0.25, 0.3) is 0 Å². The van der Waals surface area contributed by atoms with E-state index in [1.54, 1.807) is 6.92 Å². The largest absolute Gasteiger partial charge is 0.481 e. The quantitative estimate of drug-likeness (QED) is 0.766. The van der Waals surface area contributed by atoms with Gasteiger partial charge in [-0.2, -0.15) is 0 Å². The van der Waals surface area contributed by atoms with Crippen molar-refractivity contribution in [2.45, 2.75) is 39.0 Å². The average Bonchev–Trinajstić information content (AvgIpc) is 2.87. The molecule has 2 bridgehead atoms. The maximum Gasteiger partial charge on any atom is 0.308 e. The van der Waals surface area contributed by atoms with Crippen LogP contribution >= 0.6 is 0 Å². The number of hydrogen-bond donors (Lipinski definition) is 2. The molecule has 2 N–H and O–H groups in total. The molecule has 4 heteroatoms. The van der Waals surface area contributed by atoms with E-state index in [2.05, 4.69) is 5.32 Å². The second-order valence-corrected chi connectivity index (χ2v) is 5.68. The van der Waals surface area contributed by atoms with Crippen molar-refractivity contribution in [2.75, 3.05) is 6.54 Å². The topological polar surface area (TPSA) is 66.4 Å². The Morgan fingerprint density at radius 2 is 2.12 bits per heavy atom. The van der Waals surface area contributed by atoms with Gasteiger partial charge in [0.1, 0.15) is 0 Å². The number of carbonyl (C=O) groups is 2. The first kappa shape index (κ1) is 12.4. The standard InChI is InChI=1S/C13H21NO3/c1-8(13(16)17)7-14-12(15)6-11-5-9-2-3-10(11)4-9/h8-11H,2-7H2,1H3,(H,14,15)(H,16,17). The van der Waals surface area contributed by atoms with Gasteiger partial charge in [0, 0.05) is 13.0 Å². The zero-order chi connectivity index (χ0) is 12.4. The van der Waals surface area contributed by atoms with Gasteiger partial charge in [-0.1, -0.05) is 13.3 Å². The molecule has 2 rings (SSSR count). The summed E-state index contributed by atoms with van der Waals surface area (Å²) in [5.41, 5.74) is 0. The monoisotopic (exact) mass is 239 g/mol. The summed E-state index contributed by atoms with van der Waals surface area (Å²) in [6.07, 6.45) is 5.73. The minimum Gasteiger partial charge on any atom is -0.481 e. The molecule has 0 spiro atoms. The zero-order valence-electron chi connectivity index (χ0n) is 10.3. The van der Waals surface area contributed by atoms with Crippen molar-refractivity contribution in [1.82, 2.24) is 5.32 Å². The molecule has 4 unspecified atom stereocenters. The molecule has 0 heterocycles. The number of fused-ring (bicyclic) bond motifs is 2. The van der Waals surface area contributed by atoms with E-state index >= 15 is 0 Å². The fourth-order valence-electron chi connectivity index (χ4n) is 3.29. The Morgan fingerprint density at radius 1 is 1.35 bits per heavy atom. The summed E-state index contributed by atoms with van der Waals surface area (Å²) >= 11 is 0. The first-order valence-electron chi connectivity index (χ1n) is 6.55. The summed E-state index contributed by atoms with van der Waals surface area (Å²) in [6.45, 7) is 1.86. The first-order chi connectivity index (χ1) is 8.06. The van der Waals surface area contributed by atoms with Crippen molar-refractivity contribution >= 4 is 11.9 Å². The van der Waals surface area contributed by atoms with Crippen LogP contribution in [0.25, 0.3) is 0 Å². The van der Waals surface area contributed by atoms with Gasteiger partial charge in [-0.15, -0.1) is 0 Å². The van der Waals surface area contributed by atoms with E-state index in [9.17, 15) is 9.59 Å². The molecular weight excluding hydrogens is 218 g/mol. The summed E-state index contributed by atoms with van der Waals surface area (Å²) in [6, 6.07) is 0. The fraction of sp³-hybridized carbons (Fsp3) is 0.846. The molecule has 0 aromatic rings. The van der Waals surface area contributed by atoms with E-state index in [0.717, 1.165) is 11.8 Å². The Balaban J connectivity index is 1.69. The third-order valence-electron chi connectivity index (χ3n) is 4.36. The van der Waals surface area contributed by atoms with E-state index in [1.807, 2.05) is 0 Å². The molecule has 2 aliphatic rings. The van der Waals surface area contributed by atoms with E-state index in [1.165, 1.54) is 25.7 Å². The van der Waals surface area contributed by atoms with Gasteiger partial charge in [-0.3, -0.25) is 9.59 Å². The predicted octanol–water partition coefficient (Wildman–Crippen LogP) is 1.65. The van der Waals surface area contributed by atoms with Crippen molar-refractivity contribution in [1.29, 1.82) is 0 Å². The lowest BCUT2D eigenvalue weighted by molar-refractivity contribution is -0.141. The van der Waals surface area contributed by atoms with E-state index in [0.29, 0.717) is 12.3 Å². The molecule has 0 aromatic carbocycles. The summed E-state index contributed by atoms with van der Waals surface area (Å²) in [4.78, 5) is 22.3. The Labute approximate surface area is 102 Å². The number of carboxylic acid groups (broad SMARTS) is 1. The summed E-state index contributed by atoms with van der Waals surface area (Å²) in [5, 5.41) is 11.4. The molecule has 4 atom stereocenters. The van der Waals surface area contributed by atoms with Crippen LogP contribution in [-0.4, -0.2) is 23.5 Å². The number of rotatable bonds is 5. The minimum absolute atomic E-state index is 0.0237. The van der Waals surface area contributed by atoms with Gasteiger partial charge < -0.3 is 10.4 Å². The minimum atomic E-state index is -0.856. The molecule has 4 nitrogen and oxygen atoms in total. The van der Waals surface area contributed by atoms with Crippen LogP contribution in [0, 0.1) is 23.7 Å². The Morgan fingerprint density at radius 3 is 2.65 bits per heavy atom. The number of nitrogens with one attached hydrogen (secondary N) is 1. The van der Waals surface area contributed by atoms with Crippen LogP contribution in [0.1, 0.15) is 39.0 Å². The van der Waals surface area contributed by atoms with Gasteiger partial charge in [-0.25, -0.2) is 0 Å². The molecule has 0 saturated heterocycles. The molecule has 0 radical (unpaired) electrons. The number of carbonyl (C=O) groups excluding carboxylic acids is 1. The highest BCUT2D eigenvalue weighted by molar-refractivity contribution is 5.77. The van der Waals surface area contributed by atoms with Gasteiger partial charge in [-0.05, 0) is 37.0 Å². The maximum absolute atomic E-state index is 11.7. The third-order valence-corrected chi connectivity index (χ3v) is 4.36. The molecule has 96 valence electrons. The lowest BCUT2D eigenvalue weighted by Crippen LogP contribution is -2.33. The van der Waals surface area contributed by atoms with Gasteiger partial charge >= 0.3 is 5.97 Å². The van der Waals surface area contributed by atoms with Crippen LogP contribution < -0.4 is 5.32 Å². The zero-order valence-corrected chi connectivity index (χ0v) is 10.3. The number of carboxylic acids is 1. The number of amides is 1. The summed E-state index contributed by atoms with van der Waals surface area (Å²) in [5.74, 6) is 0.826. The molecule has 2 fully saturated rings. The second kappa shape index (κ2) is 5.07. The SMILES string of the molecule is CC(CNC(=O)CC1CC2CCC1C2)C(=O)O. The number of hydrogen-bond acceptors (Lipinski definition) is 2. The van der Waals surface area contributed by atoms with Gasteiger partial charge in [0.2, 0.25) is 5.91 Å². The molecule has 0 aliphatic heterocycles. The average molecular weight is 239 g/mol. The molecule has 2 aliphatic carbocycles. The lowest BCUT2D eigenvalue weighted by atomic mass is 9.86. The van der Waals surface area contributed by atoms with Crippen molar-refractivity contribution in [3.8, 4) is 0 Å². The number of aliphatic carboxylic acids is 1. The van der Waals surface area contributed by atoms with Crippen molar-refractivity contribution in [3.63, 3.8) is 0 Å². The van der Waals surface area contributed by atoms with E-state index in [-0.39, 0.29) is 12.5 Å². The Kier molecular flexibility index (Phi) is 3.69. The van der Waals surface area contributed by atoms with Crippen LogP contribution in [-0.2, 0) is 9.59 Å². The summed E-state index contributed by atoms with van der Waals surface area (Å²) in [7, 11) is 0. The van der Waals surface area contributed by atoms with Crippen LogP contribution in [0.3, 0.4) is 0 Å². The maximum atomic E-state index is 11.7. The van der Waals surface area contributed by atoms with Gasteiger partial charge in [0.15, 0.2) is 0 Å². The molecular formula is C13H21NO3. The van der Waals surface area contributed by atoms with Crippen molar-refractivity contribution < 1.29 is 14.7 Å². The molecule has 2 saturated carbocycles. The smallest absolute Gasteiger partial charge is 0.308 e. The van der Waals surface area contributed by atoms with Crippen LogP contribution in [0.4, 0.5) is 0 Å². The summed E-state index contributed by atoms with van der Waals surface area (Å²) < 4.78 is 0. The molecule has 0 aromatic heterocycles. The first-order valence-corrected chi connectivity index (χ1v) is 6.55. The highest BCUT2D eigenvalue weighted by Gasteiger charge is 2.40. The van der Waals surface area contributed by atoms with E-state index in [4.69, 9.17) is 5.11 Å². The fourth-order valence-corrected chi connectivity index (χ4v) is 3.29. The highest BCUT2D eigenvalue weighted by atomic mass is 16.4. The molecule has 1 amide bonds. The lowest BCUT2D eigenvalue weighted by Gasteiger charge is -2.21. The Hall–Kier alpha value is -1.06. The molecule has 17 heavy (non-hydrogen) atoms. The highest BCUT2D eigenvalue weighted by Crippen LogP contribution is 2.49. The normalized spacial score (nSPS) is 32.4. The van der Waals surface area contributed by atoms with Gasteiger partial charge in [0.05, 0.1) is 5.92 Å². The van der Waals surface area contributed by atoms with Crippen molar-refractivity contribution in [3.05, 3.63) is 0 Å². The van der Waals surface area contributed by atoms with Crippen molar-refractivity contribution in [2.24, 2.45) is 23.7 Å². The van der Waals surface area contributed by atoms with Crippen LogP contribution in [0.5, 0.6) is 0 Å². The Bertz CT molecular complexity index is 316. The van der Waals surface area contributed by atoms with E-state index < -0.39 is 11.9 Å². The van der Waals surface area contributed by atoms with Crippen LogP contribution in [0.2, 0.25) is 0 Å². The predicted molar refractivity (Wildman–Crippen MR) is 63.4 cm³/mol.